The van der Waals surface area contributed by atoms with Gasteiger partial charge in [0.05, 0.1) is 17.2 Å². The Hall–Kier alpha value is -0.490. The molecule has 0 aliphatic rings. The molecule has 5 heteroatoms. The summed E-state index contributed by atoms with van der Waals surface area (Å²) >= 11 is 1.59. The number of rotatable bonds is 8. The maximum absolute atomic E-state index is 10.1. The molecule has 1 aromatic rings. The van der Waals surface area contributed by atoms with Crippen molar-refractivity contribution in [2.75, 3.05) is 26.8 Å². The van der Waals surface area contributed by atoms with Gasteiger partial charge in [0.15, 0.2) is 0 Å². The van der Waals surface area contributed by atoms with Crippen molar-refractivity contribution in [1.29, 1.82) is 0 Å². The van der Waals surface area contributed by atoms with Crippen molar-refractivity contribution in [1.82, 2.24) is 10.3 Å². The van der Waals surface area contributed by atoms with Gasteiger partial charge >= 0.3 is 0 Å². The van der Waals surface area contributed by atoms with E-state index in [1.807, 2.05) is 12.3 Å². The smallest absolute Gasteiger partial charge is 0.0953 e. The van der Waals surface area contributed by atoms with Gasteiger partial charge < -0.3 is 15.2 Å². The van der Waals surface area contributed by atoms with Gasteiger partial charge in [0, 0.05) is 31.7 Å². The Morgan fingerprint density at radius 1 is 1.56 bits per heavy atom. The van der Waals surface area contributed by atoms with E-state index < -0.39 is 5.60 Å². The number of thiazole rings is 1. The van der Waals surface area contributed by atoms with Crippen LogP contribution < -0.4 is 5.32 Å². The Bertz CT molecular complexity index is 276. The van der Waals surface area contributed by atoms with E-state index in [4.69, 9.17) is 4.74 Å². The van der Waals surface area contributed by atoms with Crippen LogP contribution in [0, 0.1) is 0 Å². The zero-order valence-corrected chi connectivity index (χ0v) is 10.7. The normalized spacial score (nSPS) is 14.9. The molecule has 16 heavy (non-hydrogen) atoms. The van der Waals surface area contributed by atoms with Crippen LogP contribution in [-0.2, 0) is 11.2 Å². The number of nitrogens with zero attached hydrogens (tertiary/aromatic N) is 1. The maximum atomic E-state index is 10.1. The monoisotopic (exact) mass is 244 g/mol. The average molecular weight is 244 g/mol. The second-order valence-electron chi connectivity index (χ2n) is 4.09. The van der Waals surface area contributed by atoms with Crippen LogP contribution in [0.1, 0.15) is 18.4 Å². The largest absolute Gasteiger partial charge is 0.390 e. The highest BCUT2D eigenvalue weighted by atomic mass is 32.1. The van der Waals surface area contributed by atoms with Gasteiger partial charge in [-0.2, -0.15) is 0 Å². The molecule has 1 unspecified atom stereocenters. The van der Waals surface area contributed by atoms with E-state index in [-0.39, 0.29) is 0 Å². The van der Waals surface area contributed by atoms with Gasteiger partial charge in [-0.05, 0) is 19.9 Å². The molecule has 4 nitrogen and oxygen atoms in total. The number of hydrogen-bond donors (Lipinski definition) is 2. The molecular formula is C11H20N2O2S. The lowest BCUT2D eigenvalue weighted by atomic mass is 9.98. The standard InChI is InChI=1S/C11H20N2O2S/c1-11(14,3-4-12-5-7-15-2)9-10-13-6-8-16-10/h6,8,12,14H,3-5,7,9H2,1-2H3. The van der Waals surface area contributed by atoms with E-state index in [1.54, 1.807) is 24.6 Å². The predicted molar refractivity (Wildman–Crippen MR) is 65.8 cm³/mol. The van der Waals surface area contributed by atoms with Crippen molar-refractivity contribution in [3.05, 3.63) is 16.6 Å². The molecule has 0 aliphatic carbocycles. The van der Waals surface area contributed by atoms with E-state index in [2.05, 4.69) is 10.3 Å². The fraction of sp³-hybridized carbons (Fsp3) is 0.727. The van der Waals surface area contributed by atoms with Crippen molar-refractivity contribution < 1.29 is 9.84 Å². The maximum Gasteiger partial charge on any atom is 0.0953 e. The zero-order valence-electron chi connectivity index (χ0n) is 9.90. The molecule has 0 aromatic carbocycles. The van der Waals surface area contributed by atoms with Crippen LogP contribution in [0.3, 0.4) is 0 Å². The van der Waals surface area contributed by atoms with Crippen LogP contribution in [-0.4, -0.2) is 42.5 Å². The van der Waals surface area contributed by atoms with Crippen LogP contribution in [0.2, 0.25) is 0 Å². The number of ether oxygens (including phenoxy) is 1. The quantitative estimate of drug-likeness (QED) is 0.672. The third-order valence-electron chi connectivity index (χ3n) is 2.34. The molecule has 0 saturated heterocycles. The third-order valence-corrected chi connectivity index (χ3v) is 3.12. The van der Waals surface area contributed by atoms with Crippen LogP contribution in [0.5, 0.6) is 0 Å². The molecule has 1 atom stereocenters. The minimum absolute atomic E-state index is 0.622. The molecule has 1 heterocycles. The molecule has 2 N–H and O–H groups in total. The van der Waals surface area contributed by atoms with E-state index in [0.29, 0.717) is 13.0 Å². The van der Waals surface area contributed by atoms with Crippen molar-refractivity contribution in [2.45, 2.75) is 25.4 Å². The van der Waals surface area contributed by atoms with Gasteiger partial charge in [0.25, 0.3) is 0 Å². The second-order valence-corrected chi connectivity index (χ2v) is 5.07. The Balaban J connectivity index is 2.18. The molecule has 0 fully saturated rings. The average Bonchev–Trinajstić information content (AvgIpc) is 2.69. The van der Waals surface area contributed by atoms with Gasteiger partial charge in [-0.3, -0.25) is 0 Å². The Kier molecular flexibility index (Phi) is 5.90. The minimum Gasteiger partial charge on any atom is -0.390 e. The summed E-state index contributed by atoms with van der Waals surface area (Å²) in [6.45, 7) is 4.17. The number of hydrogen-bond acceptors (Lipinski definition) is 5. The highest BCUT2D eigenvalue weighted by molar-refractivity contribution is 7.09. The first-order valence-corrected chi connectivity index (χ1v) is 6.32. The van der Waals surface area contributed by atoms with Crippen molar-refractivity contribution in [3.63, 3.8) is 0 Å². The Morgan fingerprint density at radius 3 is 3.00 bits per heavy atom. The number of methoxy groups -OCH3 is 1. The summed E-state index contributed by atoms with van der Waals surface area (Å²) in [5.41, 5.74) is -0.683. The van der Waals surface area contributed by atoms with E-state index in [9.17, 15) is 5.11 Å². The molecule has 0 spiro atoms. The molecule has 92 valence electrons. The summed E-state index contributed by atoms with van der Waals surface area (Å²) in [5, 5.41) is 16.3. The van der Waals surface area contributed by atoms with Crippen molar-refractivity contribution in [2.24, 2.45) is 0 Å². The van der Waals surface area contributed by atoms with Gasteiger partial charge in [0.2, 0.25) is 0 Å². The molecule has 0 saturated carbocycles. The first-order chi connectivity index (χ1) is 7.64. The molecule has 1 aromatic heterocycles. The summed E-state index contributed by atoms with van der Waals surface area (Å²) in [6.07, 6.45) is 3.11. The van der Waals surface area contributed by atoms with Gasteiger partial charge in [-0.15, -0.1) is 11.3 Å². The number of aliphatic hydroxyl groups is 1. The molecule has 0 amide bonds. The molecule has 0 radical (unpaired) electrons. The lowest BCUT2D eigenvalue weighted by Crippen LogP contribution is -2.33. The second kappa shape index (κ2) is 6.96. The highest BCUT2D eigenvalue weighted by Gasteiger charge is 2.21. The highest BCUT2D eigenvalue weighted by Crippen LogP contribution is 2.17. The van der Waals surface area contributed by atoms with Crippen molar-refractivity contribution in [3.8, 4) is 0 Å². The lowest BCUT2D eigenvalue weighted by Gasteiger charge is -2.22. The van der Waals surface area contributed by atoms with E-state index in [1.165, 1.54) is 0 Å². The summed E-state index contributed by atoms with van der Waals surface area (Å²) in [4.78, 5) is 4.18. The first-order valence-electron chi connectivity index (χ1n) is 5.44. The topological polar surface area (TPSA) is 54.4 Å². The van der Waals surface area contributed by atoms with E-state index in [0.717, 1.165) is 24.5 Å². The van der Waals surface area contributed by atoms with Crippen molar-refractivity contribution >= 4 is 11.3 Å². The number of nitrogens with one attached hydrogen (secondary N) is 1. The Morgan fingerprint density at radius 2 is 2.38 bits per heavy atom. The summed E-state index contributed by atoms with van der Waals surface area (Å²) < 4.78 is 4.93. The summed E-state index contributed by atoms with van der Waals surface area (Å²) in [5.74, 6) is 0. The molecule has 1 rings (SSSR count). The van der Waals surface area contributed by atoms with Gasteiger partial charge in [0.1, 0.15) is 0 Å². The fourth-order valence-electron chi connectivity index (χ4n) is 1.41. The predicted octanol–water partition coefficient (Wildman–Crippen LogP) is 1.06. The van der Waals surface area contributed by atoms with Crippen LogP contribution in [0.25, 0.3) is 0 Å². The van der Waals surface area contributed by atoms with Crippen LogP contribution >= 0.6 is 11.3 Å². The lowest BCUT2D eigenvalue weighted by molar-refractivity contribution is 0.0510. The van der Waals surface area contributed by atoms with Gasteiger partial charge in [-0.25, -0.2) is 4.98 Å². The molecular weight excluding hydrogens is 224 g/mol. The van der Waals surface area contributed by atoms with Crippen LogP contribution in [0.4, 0.5) is 0 Å². The first kappa shape index (κ1) is 13.6. The third kappa shape index (κ3) is 5.55. The fourth-order valence-corrected chi connectivity index (χ4v) is 2.21. The molecule has 0 bridgehead atoms. The molecule has 0 aliphatic heterocycles. The summed E-state index contributed by atoms with van der Waals surface area (Å²) in [7, 11) is 1.68. The number of aromatic nitrogens is 1. The Labute approximate surface area is 101 Å². The van der Waals surface area contributed by atoms with E-state index >= 15 is 0 Å². The SMILES string of the molecule is COCCNCCC(C)(O)Cc1nccs1. The zero-order chi connectivity index (χ0) is 11.9. The minimum atomic E-state index is -0.683. The van der Waals surface area contributed by atoms with Gasteiger partial charge in [-0.1, -0.05) is 0 Å². The summed E-state index contributed by atoms with van der Waals surface area (Å²) in [6, 6.07) is 0. The van der Waals surface area contributed by atoms with Crippen LogP contribution in [0.15, 0.2) is 11.6 Å².